The minimum Gasteiger partial charge on any atom is -0.299 e. The van der Waals surface area contributed by atoms with Crippen molar-refractivity contribution >= 4 is 0 Å². The third-order valence-electron chi connectivity index (χ3n) is 4.06. The molecule has 0 heterocycles. The zero-order chi connectivity index (χ0) is 15.9. The van der Waals surface area contributed by atoms with Crippen LogP contribution in [0.25, 0.3) is 0 Å². The molecule has 0 bridgehead atoms. The summed E-state index contributed by atoms with van der Waals surface area (Å²) >= 11 is 0. The Morgan fingerprint density at radius 3 is 2.57 bits per heavy atom. The number of nitriles is 1. The zero-order valence-electron chi connectivity index (χ0n) is 13.0. The number of halogens is 3. The molecular weight excluding hydrogens is 279 g/mol. The number of hydrogen-bond donors (Lipinski definition) is 1. The number of nitrogens with zero attached hydrogens (tertiary/aromatic N) is 2. The summed E-state index contributed by atoms with van der Waals surface area (Å²) in [4.78, 5) is 1.51. The van der Waals surface area contributed by atoms with E-state index in [1.54, 1.807) is 0 Å². The van der Waals surface area contributed by atoms with Crippen LogP contribution in [0.4, 0.5) is 13.2 Å². The summed E-state index contributed by atoms with van der Waals surface area (Å²) in [5.74, 6) is 0. The van der Waals surface area contributed by atoms with Gasteiger partial charge in [-0.15, -0.1) is 0 Å². The lowest BCUT2D eigenvalue weighted by molar-refractivity contribution is -0.153. The van der Waals surface area contributed by atoms with Crippen LogP contribution in [-0.4, -0.2) is 42.3 Å². The summed E-state index contributed by atoms with van der Waals surface area (Å²) in [6.45, 7) is 4.19. The monoisotopic (exact) mass is 305 g/mol. The van der Waals surface area contributed by atoms with Gasteiger partial charge in [0.15, 0.2) is 0 Å². The Morgan fingerprint density at radius 2 is 2.05 bits per heavy atom. The van der Waals surface area contributed by atoms with Gasteiger partial charge in [-0.05, 0) is 51.6 Å². The predicted molar refractivity (Wildman–Crippen MR) is 76.8 cm³/mol. The lowest BCUT2D eigenvalue weighted by Crippen LogP contribution is -2.54. The van der Waals surface area contributed by atoms with Crippen LogP contribution in [0.3, 0.4) is 0 Å². The molecule has 122 valence electrons. The summed E-state index contributed by atoms with van der Waals surface area (Å²) in [5.41, 5.74) is -0.656. The summed E-state index contributed by atoms with van der Waals surface area (Å²) in [6, 6.07) is 2.16. The van der Waals surface area contributed by atoms with E-state index in [2.05, 4.69) is 11.4 Å². The van der Waals surface area contributed by atoms with Gasteiger partial charge in [0.1, 0.15) is 5.54 Å². The molecule has 3 nitrogen and oxygen atoms in total. The van der Waals surface area contributed by atoms with Crippen molar-refractivity contribution in [2.45, 2.75) is 70.1 Å². The Bertz CT molecular complexity index is 351. The fraction of sp³-hybridized carbons (Fsp3) is 0.933. The van der Waals surface area contributed by atoms with Crippen molar-refractivity contribution in [2.24, 2.45) is 0 Å². The summed E-state index contributed by atoms with van der Waals surface area (Å²) in [6.07, 6.45) is 0.175. The molecule has 1 fully saturated rings. The number of alkyl halides is 3. The van der Waals surface area contributed by atoms with Gasteiger partial charge in [0.05, 0.1) is 12.6 Å². The summed E-state index contributed by atoms with van der Waals surface area (Å²) in [5, 5.41) is 12.7. The van der Waals surface area contributed by atoms with E-state index in [9.17, 15) is 18.4 Å². The standard InChI is InChI=1S/C15H26F3N3/c1-3-8-20-14(11-19)7-5-6-13(10-14)21(9-4-2)12-15(16,17)18/h13,20H,3-10,12H2,1-2H3. The molecule has 1 aliphatic rings. The normalized spacial score (nSPS) is 26.8. The third-order valence-corrected chi connectivity index (χ3v) is 4.06. The van der Waals surface area contributed by atoms with E-state index in [1.807, 2.05) is 13.8 Å². The van der Waals surface area contributed by atoms with Crippen LogP contribution in [0.2, 0.25) is 0 Å². The molecule has 6 heteroatoms. The highest BCUT2D eigenvalue weighted by atomic mass is 19.4. The first-order valence-corrected chi connectivity index (χ1v) is 7.83. The van der Waals surface area contributed by atoms with Gasteiger partial charge in [-0.1, -0.05) is 13.8 Å². The van der Waals surface area contributed by atoms with Gasteiger partial charge < -0.3 is 0 Å². The Balaban J connectivity index is 2.77. The van der Waals surface area contributed by atoms with E-state index >= 15 is 0 Å². The number of nitrogens with one attached hydrogen (secondary N) is 1. The zero-order valence-corrected chi connectivity index (χ0v) is 13.0. The van der Waals surface area contributed by atoms with Crippen molar-refractivity contribution in [1.82, 2.24) is 10.2 Å². The molecule has 0 aliphatic heterocycles. The molecule has 2 unspecified atom stereocenters. The molecule has 0 aromatic rings. The lowest BCUT2D eigenvalue weighted by atomic mass is 9.79. The maximum Gasteiger partial charge on any atom is 0.401 e. The van der Waals surface area contributed by atoms with Crippen molar-refractivity contribution in [2.75, 3.05) is 19.6 Å². The molecule has 1 rings (SSSR count). The highest BCUT2D eigenvalue weighted by Gasteiger charge is 2.41. The lowest BCUT2D eigenvalue weighted by Gasteiger charge is -2.42. The highest BCUT2D eigenvalue weighted by molar-refractivity contribution is 5.11. The first-order valence-electron chi connectivity index (χ1n) is 7.83. The predicted octanol–water partition coefficient (Wildman–Crippen LogP) is 3.47. The SMILES string of the molecule is CCCNC1(C#N)CCCC(N(CCC)CC(F)(F)F)C1. The van der Waals surface area contributed by atoms with Crippen LogP contribution in [0.1, 0.15) is 52.4 Å². The fourth-order valence-corrected chi connectivity index (χ4v) is 3.13. The van der Waals surface area contributed by atoms with Gasteiger partial charge >= 0.3 is 6.18 Å². The molecule has 1 aliphatic carbocycles. The van der Waals surface area contributed by atoms with Crippen molar-refractivity contribution in [3.05, 3.63) is 0 Å². The Hall–Kier alpha value is -0.800. The molecule has 21 heavy (non-hydrogen) atoms. The van der Waals surface area contributed by atoms with Gasteiger partial charge in [0, 0.05) is 6.04 Å². The van der Waals surface area contributed by atoms with Crippen molar-refractivity contribution < 1.29 is 13.2 Å². The second-order valence-electron chi connectivity index (χ2n) is 5.96. The molecule has 0 aromatic heterocycles. The van der Waals surface area contributed by atoms with Crippen LogP contribution in [0, 0.1) is 11.3 Å². The molecule has 0 saturated heterocycles. The topological polar surface area (TPSA) is 39.1 Å². The molecule has 1 saturated carbocycles. The second-order valence-corrected chi connectivity index (χ2v) is 5.96. The van der Waals surface area contributed by atoms with Gasteiger partial charge in [0.2, 0.25) is 0 Å². The van der Waals surface area contributed by atoms with E-state index < -0.39 is 18.3 Å². The molecule has 2 atom stereocenters. The number of rotatable bonds is 7. The molecule has 0 spiro atoms. The quantitative estimate of drug-likeness (QED) is 0.783. The summed E-state index contributed by atoms with van der Waals surface area (Å²) < 4.78 is 38.2. The van der Waals surface area contributed by atoms with Crippen LogP contribution < -0.4 is 5.32 Å². The first kappa shape index (κ1) is 18.2. The van der Waals surface area contributed by atoms with Crippen LogP contribution in [0.5, 0.6) is 0 Å². The van der Waals surface area contributed by atoms with E-state index in [4.69, 9.17) is 0 Å². The Labute approximate surface area is 125 Å². The molecule has 0 aromatic carbocycles. The molecule has 0 amide bonds. The largest absolute Gasteiger partial charge is 0.401 e. The average molecular weight is 305 g/mol. The first-order chi connectivity index (χ1) is 9.86. The van der Waals surface area contributed by atoms with Gasteiger partial charge in [-0.2, -0.15) is 18.4 Å². The second kappa shape index (κ2) is 8.00. The maximum atomic E-state index is 12.7. The van der Waals surface area contributed by atoms with Gasteiger partial charge in [-0.25, -0.2) is 0 Å². The van der Waals surface area contributed by atoms with E-state index in [-0.39, 0.29) is 6.04 Å². The van der Waals surface area contributed by atoms with E-state index in [1.165, 1.54) is 4.90 Å². The molecule has 0 radical (unpaired) electrons. The van der Waals surface area contributed by atoms with Crippen LogP contribution in [0.15, 0.2) is 0 Å². The van der Waals surface area contributed by atoms with Crippen LogP contribution in [-0.2, 0) is 0 Å². The Morgan fingerprint density at radius 1 is 1.33 bits per heavy atom. The van der Waals surface area contributed by atoms with E-state index in [0.717, 1.165) is 32.2 Å². The minimum absolute atomic E-state index is 0.163. The smallest absolute Gasteiger partial charge is 0.299 e. The van der Waals surface area contributed by atoms with Crippen LogP contribution >= 0.6 is 0 Å². The average Bonchev–Trinajstić information content (AvgIpc) is 2.43. The molecular formula is C15H26F3N3. The van der Waals surface area contributed by atoms with Crippen molar-refractivity contribution in [3.63, 3.8) is 0 Å². The van der Waals surface area contributed by atoms with Crippen molar-refractivity contribution in [1.29, 1.82) is 5.26 Å². The highest BCUT2D eigenvalue weighted by Crippen LogP contribution is 2.32. The summed E-state index contributed by atoms with van der Waals surface area (Å²) in [7, 11) is 0. The van der Waals surface area contributed by atoms with E-state index in [0.29, 0.717) is 19.4 Å². The maximum absolute atomic E-state index is 12.7. The Kier molecular flexibility index (Phi) is 6.95. The molecule has 1 N–H and O–H groups in total. The minimum atomic E-state index is -4.18. The van der Waals surface area contributed by atoms with Gasteiger partial charge in [0.25, 0.3) is 0 Å². The fourth-order valence-electron chi connectivity index (χ4n) is 3.13. The third kappa shape index (κ3) is 5.84. The number of hydrogen-bond acceptors (Lipinski definition) is 3. The van der Waals surface area contributed by atoms with Gasteiger partial charge in [-0.3, -0.25) is 10.2 Å². The van der Waals surface area contributed by atoms with Crippen molar-refractivity contribution in [3.8, 4) is 6.07 Å².